The number of carbonyl (C=O) groups is 1. The number of rotatable bonds is 3. The van der Waals surface area contributed by atoms with Gasteiger partial charge in [0.2, 0.25) is 0 Å². The van der Waals surface area contributed by atoms with Crippen molar-refractivity contribution in [2.24, 2.45) is 0 Å². The van der Waals surface area contributed by atoms with Gasteiger partial charge in [0.25, 0.3) is 0 Å². The molecule has 0 aliphatic heterocycles. The summed E-state index contributed by atoms with van der Waals surface area (Å²) in [7, 11) is 1.87. The first kappa shape index (κ1) is 10.7. The number of aromatic carboxylic acids is 1. The fourth-order valence-electron chi connectivity index (χ4n) is 1.49. The Kier molecular flexibility index (Phi) is 3.25. The molecule has 0 aliphatic carbocycles. The highest BCUT2D eigenvalue weighted by Gasteiger charge is 2.09. The number of hydrogen-bond acceptors (Lipinski definition) is 2. The van der Waals surface area contributed by atoms with Gasteiger partial charge in [-0.25, -0.2) is 4.79 Å². The van der Waals surface area contributed by atoms with Crippen LogP contribution in [0, 0.1) is 13.8 Å². The molecule has 0 saturated carbocycles. The zero-order chi connectivity index (χ0) is 10.7. The van der Waals surface area contributed by atoms with Gasteiger partial charge in [0.15, 0.2) is 0 Å². The van der Waals surface area contributed by atoms with Gasteiger partial charge in [0.1, 0.15) is 0 Å². The highest BCUT2D eigenvalue weighted by molar-refractivity contribution is 5.89. The van der Waals surface area contributed by atoms with E-state index in [2.05, 4.69) is 5.32 Å². The van der Waals surface area contributed by atoms with Crippen LogP contribution in [-0.2, 0) is 6.54 Å². The molecule has 0 bridgehead atoms. The van der Waals surface area contributed by atoms with E-state index in [4.69, 9.17) is 5.11 Å². The molecule has 2 N–H and O–H groups in total. The van der Waals surface area contributed by atoms with E-state index < -0.39 is 5.97 Å². The number of hydrogen-bond donors (Lipinski definition) is 2. The molecule has 0 heterocycles. The second-order valence-electron chi connectivity index (χ2n) is 3.43. The smallest absolute Gasteiger partial charge is 0.335 e. The molecule has 0 unspecified atom stereocenters. The van der Waals surface area contributed by atoms with Gasteiger partial charge in [0.05, 0.1) is 5.56 Å². The molecule has 0 aromatic heterocycles. The van der Waals surface area contributed by atoms with Crippen LogP contribution in [0.5, 0.6) is 0 Å². The van der Waals surface area contributed by atoms with Crippen LogP contribution in [0.15, 0.2) is 12.1 Å². The minimum absolute atomic E-state index is 0.391. The highest BCUT2D eigenvalue weighted by atomic mass is 16.4. The minimum atomic E-state index is -0.860. The first-order chi connectivity index (χ1) is 6.56. The average Bonchev–Trinajstić information content (AvgIpc) is 2.10. The van der Waals surface area contributed by atoms with Crippen molar-refractivity contribution in [3.8, 4) is 0 Å². The first-order valence-corrected chi connectivity index (χ1v) is 4.54. The third kappa shape index (κ3) is 2.12. The second kappa shape index (κ2) is 4.24. The number of benzene rings is 1. The van der Waals surface area contributed by atoms with Gasteiger partial charge in [-0.1, -0.05) is 6.07 Å². The molecular weight excluding hydrogens is 178 g/mol. The normalized spacial score (nSPS) is 10.2. The lowest BCUT2D eigenvalue weighted by Crippen LogP contribution is -2.09. The number of carboxylic acid groups (broad SMARTS) is 1. The van der Waals surface area contributed by atoms with Crippen LogP contribution in [0.1, 0.15) is 27.0 Å². The molecule has 0 atom stereocenters. The van der Waals surface area contributed by atoms with Crippen molar-refractivity contribution >= 4 is 5.97 Å². The van der Waals surface area contributed by atoms with Crippen molar-refractivity contribution in [3.05, 3.63) is 34.4 Å². The number of carboxylic acids is 1. The maximum absolute atomic E-state index is 10.8. The van der Waals surface area contributed by atoms with E-state index in [9.17, 15) is 4.79 Å². The molecule has 1 aromatic carbocycles. The Labute approximate surface area is 83.8 Å². The van der Waals surface area contributed by atoms with Crippen LogP contribution >= 0.6 is 0 Å². The summed E-state index contributed by atoms with van der Waals surface area (Å²) in [5, 5.41) is 11.9. The Morgan fingerprint density at radius 1 is 1.36 bits per heavy atom. The summed E-state index contributed by atoms with van der Waals surface area (Å²) >= 11 is 0. The van der Waals surface area contributed by atoms with E-state index in [1.165, 1.54) is 0 Å². The maximum atomic E-state index is 10.8. The predicted octanol–water partition coefficient (Wildman–Crippen LogP) is 1.72. The summed E-state index contributed by atoms with van der Waals surface area (Å²) in [5.74, 6) is -0.860. The van der Waals surface area contributed by atoms with Gasteiger partial charge < -0.3 is 10.4 Å². The summed E-state index contributed by atoms with van der Waals surface area (Å²) in [4.78, 5) is 10.8. The van der Waals surface area contributed by atoms with Crippen LogP contribution in [0.3, 0.4) is 0 Å². The molecule has 1 aromatic rings. The second-order valence-corrected chi connectivity index (χ2v) is 3.43. The Hall–Kier alpha value is -1.35. The van der Waals surface area contributed by atoms with E-state index in [1.807, 2.05) is 27.0 Å². The quantitative estimate of drug-likeness (QED) is 0.768. The van der Waals surface area contributed by atoms with Gasteiger partial charge in [-0.15, -0.1) is 0 Å². The fraction of sp³-hybridized carbons (Fsp3) is 0.364. The lowest BCUT2D eigenvalue weighted by Gasteiger charge is -2.09. The summed E-state index contributed by atoms with van der Waals surface area (Å²) in [6, 6.07) is 3.65. The predicted molar refractivity (Wildman–Crippen MR) is 55.6 cm³/mol. The van der Waals surface area contributed by atoms with Crippen LogP contribution in [-0.4, -0.2) is 18.1 Å². The van der Waals surface area contributed by atoms with Gasteiger partial charge in [-0.05, 0) is 43.7 Å². The molecule has 76 valence electrons. The summed E-state index contributed by atoms with van der Waals surface area (Å²) in [5.41, 5.74) is 3.37. The molecule has 1 rings (SSSR count). The van der Waals surface area contributed by atoms with E-state index in [-0.39, 0.29) is 0 Å². The highest BCUT2D eigenvalue weighted by Crippen LogP contribution is 2.15. The monoisotopic (exact) mass is 193 g/mol. The topological polar surface area (TPSA) is 49.3 Å². The van der Waals surface area contributed by atoms with Gasteiger partial charge in [-0.3, -0.25) is 0 Å². The first-order valence-electron chi connectivity index (χ1n) is 4.54. The van der Waals surface area contributed by atoms with Crippen molar-refractivity contribution < 1.29 is 9.90 Å². The van der Waals surface area contributed by atoms with Crippen molar-refractivity contribution in [2.45, 2.75) is 20.4 Å². The van der Waals surface area contributed by atoms with Crippen molar-refractivity contribution in [3.63, 3.8) is 0 Å². The molecule has 3 nitrogen and oxygen atoms in total. The van der Waals surface area contributed by atoms with Crippen LogP contribution in [0.25, 0.3) is 0 Å². The Morgan fingerprint density at radius 3 is 2.50 bits per heavy atom. The molecular formula is C11H15NO2. The molecule has 14 heavy (non-hydrogen) atoms. The summed E-state index contributed by atoms with van der Waals surface area (Å²) < 4.78 is 0. The molecule has 0 fully saturated rings. The molecule has 0 saturated heterocycles. The summed E-state index contributed by atoms with van der Waals surface area (Å²) in [6.45, 7) is 4.52. The molecule has 0 spiro atoms. The zero-order valence-electron chi connectivity index (χ0n) is 8.72. The molecule has 0 radical (unpaired) electrons. The zero-order valence-corrected chi connectivity index (χ0v) is 8.72. The SMILES string of the molecule is CNCc1cc(C)c(C(=O)O)cc1C. The Balaban J connectivity index is 3.17. The molecule has 0 amide bonds. The van der Waals surface area contributed by atoms with Gasteiger partial charge >= 0.3 is 5.97 Å². The standard InChI is InChI=1S/C11H15NO2/c1-7-5-10(11(13)14)8(2)4-9(7)6-12-3/h4-5,12H,6H2,1-3H3,(H,13,14). The summed E-state index contributed by atoms with van der Waals surface area (Å²) in [6.07, 6.45) is 0. The minimum Gasteiger partial charge on any atom is -0.478 e. The third-order valence-corrected chi connectivity index (χ3v) is 2.28. The van der Waals surface area contributed by atoms with Crippen molar-refractivity contribution in [1.29, 1.82) is 0 Å². The molecule has 0 aliphatic rings. The molecule has 3 heteroatoms. The Morgan fingerprint density at radius 2 is 2.00 bits per heavy atom. The largest absolute Gasteiger partial charge is 0.478 e. The van der Waals surface area contributed by atoms with Crippen molar-refractivity contribution in [1.82, 2.24) is 5.32 Å². The van der Waals surface area contributed by atoms with E-state index in [0.29, 0.717) is 5.56 Å². The average molecular weight is 193 g/mol. The van der Waals surface area contributed by atoms with Crippen LogP contribution in [0.4, 0.5) is 0 Å². The Bertz CT molecular complexity index is 359. The lowest BCUT2D eigenvalue weighted by molar-refractivity contribution is 0.0696. The number of aryl methyl sites for hydroxylation is 2. The van der Waals surface area contributed by atoms with Gasteiger partial charge in [-0.2, -0.15) is 0 Å². The van der Waals surface area contributed by atoms with Crippen molar-refractivity contribution in [2.75, 3.05) is 7.05 Å². The maximum Gasteiger partial charge on any atom is 0.335 e. The van der Waals surface area contributed by atoms with E-state index >= 15 is 0 Å². The van der Waals surface area contributed by atoms with Gasteiger partial charge in [0, 0.05) is 6.54 Å². The fourth-order valence-corrected chi connectivity index (χ4v) is 1.49. The van der Waals surface area contributed by atoms with E-state index in [1.54, 1.807) is 6.07 Å². The third-order valence-electron chi connectivity index (χ3n) is 2.28. The lowest BCUT2D eigenvalue weighted by atomic mass is 10.00. The van der Waals surface area contributed by atoms with E-state index in [0.717, 1.165) is 23.2 Å². The number of nitrogens with one attached hydrogen (secondary N) is 1. The van der Waals surface area contributed by atoms with Crippen LogP contribution in [0.2, 0.25) is 0 Å². The van der Waals surface area contributed by atoms with Crippen LogP contribution < -0.4 is 5.32 Å².